The average molecular weight is 955 g/mol. The molecular formula is Cl3ErHoLuTmYb. The average Bonchev–Trinajstić information content (AvgIpc) is 0.811. The molecule has 0 aromatic heterocycles. The van der Waals surface area contributed by atoms with Crippen LogP contribution < -0.4 is 0 Å². The Morgan fingerprint density at radius 1 is 1.00 bits per heavy atom. The predicted octanol–water partition coefficient (Wildman–Crippen LogP) is 2.07. The van der Waals surface area contributed by atoms with Gasteiger partial charge in [0.15, 0.2) is 0 Å². The van der Waals surface area contributed by atoms with E-state index in [0.717, 1.165) is 0 Å². The van der Waals surface area contributed by atoms with Gasteiger partial charge in [0.2, 0.25) is 0 Å². The molecule has 0 unspecified atom stereocenters. The van der Waals surface area contributed by atoms with Crippen molar-refractivity contribution in [1.29, 1.82) is 0 Å². The number of hydrogen-bond acceptors (Lipinski definition) is 0. The zero-order valence-corrected chi connectivity index (χ0v) is 13.7. The van der Waals surface area contributed by atoms with Crippen LogP contribution in [0.3, 0.4) is 0 Å². The molecule has 8 heteroatoms. The van der Waals surface area contributed by atoms with E-state index < -0.39 is 27.4 Å². The van der Waals surface area contributed by atoms with E-state index in [1.165, 1.54) is 0 Å². The van der Waals surface area contributed by atoms with E-state index in [0.29, 0.717) is 0 Å². The summed E-state index contributed by atoms with van der Waals surface area (Å²) in [7, 11) is 0. The van der Waals surface area contributed by atoms with Gasteiger partial charge in [0.05, 0.1) is 0 Å². The van der Waals surface area contributed by atoms with Crippen molar-refractivity contribution in [2.24, 2.45) is 0 Å². The summed E-state index contributed by atoms with van der Waals surface area (Å²) < 4.78 is 0. The minimum Gasteiger partial charge on any atom is 0 e. The summed E-state index contributed by atoms with van der Waals surface area (Å²) in [6, 6.07) is 0. The predicted molar refractivity (Wildman–Crippen MR) is 17.6 cm³/mol. The molecule has 86 valence electrons. The normalized spacial score (nSPS) is 5.62. The molecule has 0 aliphatic rings. The second kappa shape index (κ2) is 23.9. The fourth-order valence-electron chi connectivity index (χ4n) is 0. The van der Waals surface area contributed by atoms with Gasteiger partial charge in [-0.15, -0.1) is 0 Å². The monoisotopic (exact) mass is 954 g/mol. The maximum Gasteiger partial charge on any atom is 0 e. The van der Waals surface area contributed by atoms with Crippen LogP contribution in [0.1, 0.15) is 0 Å². The molecule has 0 aliphatic carbocycles. The van der Waals surface area contributed by atoms with E-state index in [4.69, 9.17) is 19.2 Å². The van der Waals surface area contributed by atoms with Crippen LogP contribution in [0.25, 0.3) is 0 Å². The van der Waals surface area contributed by atoms with Gasteiger partial charge in [0, 0.05) is 158 Å². The number of rotatable bonds is 0. The van der Waals surface area contributed by atoms with E-state index in [9.17, 15) is 0 Å². The summed E-state index contributed by atoms with van der Waals surface area (Å²) in [5.74, 6) is 0. The van der Waals surface area contributed by atoms with Crippen molar-refractivity contribution in [2.75, 3.05) is 0 Å². The minimum absolute atomic E-state index is 0. The zero-order valence-electron chi connectivity index (χ0n) is 2.53. The van der Waals surface area contributed by atoms with Gasteiger partial charge in [-0.05, 0) is 0 Å². The Balaban J connectivity index is -0.00000000750. The molecule has 0 atom stereocenters. The zero-order chi connectivity index (χ0) is 3.58. The summed E-state index contributed by atoms with van der Waals surface area (Å²) in [5, 5.41) is 0. The first-order valence-corrected chi connectivity index (χ1v) is 7.61. The Kier molecular flexibility index (Phi) is 88.1. The van der Waals surface area contributed by atoms with Gasteiger partial charge < -0.3 is 0 Å². The van der Waals surface area contributed by atoms with E-state index in [1.54, 1.807) is 0 Å². The SMILES string of the molecule is [Cl][Ho]([Cl])[Cl].[Er].[Lu].[Tm].[Yb]. The molecule has 0 aliphatic heterocycles. The molecule has 0 aromatic carbocycles. The molecule has 0 saturated heterocycles. The maximum absolute atomic E-state index is 4.95. The van der Waals surface area contributed by atoms with Gasteiger partial charge >= 0.3 is 46.6 Å². The van der Waals surface area contributed by atoms with Gasteiger partial charge in [-0.2, -0.15) is 0 Å². The van der Waals surface area contributed by atoms with Gasteiger partial charge in [0.25, 0.3) is 0 Å². The molecule has 0 fully saturated rings. The fraction of sp³-hybridized carbons (Fsp3) is 0. The van der Waals surface area contributed by atoms with Crippen LogP contribution in [0.4, 0.5) is 0 Å². The summed E-state index contributed by atoms with van der Waals surface area (Å²) in [5.41, 5.74) is 0. The van der Waals surface area contributed by atoms with Gasteiger partial charge in [-0.1, -0.05) is 0 Å². The van der Waals surface area contributed by atoms with Gasteiger partial charge in [-0.25, -0.2) is 0 Å². The summed E-state index contributed by atoms with van der Waals surface area (Å²) >= 11 is -1.79. The smallest absolute Gasteiger partial charge is 0 e. The molecule has 8 heavy (non-hydrogen) atoms. The Morgan fingerprint density at radius 2 is 1.00 bits per heavy atom. The number of halogens is 3. The molecule has 0 rings (SSSR count). The quantitative estimate of drug-likeness (QED) is 0.327. The molecular weight excluding hydrogens is 955 g/mol. The van der Waals surface area contributed by atoms with Crippen molar-refractivity contribution in [3.05, 3.63) is 0 Å². The minimum atomic E-state index is -1.79. The molecule has 0 nitrogen and oxygen atoms in total. The third-order valence-corrected chi connectivity index (χ3v) is 0. The summed E-state index contributed by atoms with van der Waals surface area (Å²) in [4.78, 5) is 0. The van der Waals surface area contributed by atoms with E-state index in [1.807, 2.05) is 0 Å². The molecule has 0 N–H and O–H groups in total. The summed E-state index contributed by atoms with van der Waals surface area (Å²) in [6.07, 6.45) is 14.9. The van der Waals surface area contributed by atoms with Crippen LogP contribution in [0, 0.1) is 185 Å². The van der Waals surface area contributed by atoms with Crippen LogP contribution in [-0.4, -0.2) is 0 Å². The van der Waals surface area contributed by atoms with Crippen molar-refractivity contribution >= 4 is 19.2 Å². The molecule has 0 spiro atoms. The number of hydrogen-bond donors (Lipinski definition) is 0. The molecule has 0 saturated carbocycles. The van der Waals surface area contributed by atoms with E-state index in [2.05, 4.69) is 0 Å². The first kappa shape index (κ1) is 29.5. The first-order chi connectivity index (χ1) is 1.73. The van der Waals surface area contributed by atoms with E-state index in [-0.39, 0.29) is 158 Å². The van der Waals surface area contributed by atoms with Crippen molar-refractivity contribution in [3.8, 4) is 0 Å². The standard InChI is InChI=1S/3ClH.Er.Ho.Lu.Tm.Yb/h3*1H;;;;;/q;;;;+3;;;/p-3. The fourth-order valence-corrected chi connectivity index (χ4v) is 0. The third-order valence-electron chi connectivity index (χ3n) is 0. The topological polar surface area (TPSA) is 0 Å². The van der Waals surface area contributed by atoms with Crippen LogP contribution in [0.15, 0.2) is 0 Å². The molecule has 0 amide bonds. The molecule has 0 heterocycles. The van der Waals surface area contributed by atoms with E-state index >= 15 is 0 Å². The first-order valence-electron chi connectivity index (χ1n) is 0.342. The Labute approximate surface area is 197 Å². The Morgan fingerprint density at radius 3 is 1.00 bits per heavy atom. The van der Waals surface area contributed by atoms with Crippen molar-refractivity contribution in [1.82, 2.24) is 0 Å². The van der Waals surface area contributed by atoms with Crippen molar-refractivity contribution in [3.63, 3.8) is 0 Å². The maximum atomic E-state index is 4.95. The Bertz CT molecular complexity index is 24.0. The van der Waals surface area contributed by atoms with Gasteiger partial charge in [0.1, 0.15) is 0 Å². The second-order valence-electron chi connectivity index (χ2n) is 0.129. The largest absolute Gasteiger partial charge is 0 e. The summed E-state index contributed by atoms with van der Waals surface area (Å²) in [6.45, 7) is 0. The van der Waals surface area contributed by atoms with Crippen LogP contribution in [0.2, 0.25) is 0 Å². The van der Waals surface area contributed by atoms with Crippen LogP contribution in [0.5, 0.6) is 0 Å². The Hall–Kier alpha value is 7.36. The molecule has 2 radical (unpaired) electrons. The second-order valence-corrected chi connectivity index (χ2v) is 8.62. The third kappa shape index (κ3) is 37.7. The molecule has 0 aromatic rings. The van der Waals surface area contributed by atoms with Crippen molar-refractivity contribution in [2.45, 2.75) is 0 Å². The molecule has 0 bridgehead atoms. The van der Waals surface area contributed by atoms with Gasteiger partial charge in [-0.3, -0.25) is 0 Å². The van der Waals surface area contributed by atoms with Crippen LogP contribution in [-0.2, 0) is 0 Å². The van der Waals surface area contributed by atoms with Crippen LogP contribution >= 0.6 is 19.2 Å². The van der Waals surface area contributed by atoms with Crippen molar-refractivity contribution < 1.29 is 185 Å².